The summed E-state index contributed by atoms with van der Waals surface area (Å²) in [7, 11) is 0. The molecule has 0 atom stereocenters. The van der Waals surface area contributed by atoms with Crippen LogP contribution in [-0.4, -0.2) is 39.6 Å². The van der Waals surface area contributed by atoms with Gasteiger partial charge in [-0.3, -0.25) is 10.1 Å². The van der Waals surface area contributed by atoms with Crippen molar-refractivity contribution in [3.8, 4) is 11.9 Å². The third-order valence-electron chi connectivity index (χ3n) is 3.43. The van der Waals surface area contributed by atoms with E-state index in [0.29, 0.717) is 23.0 Å². The summed E-state index contributed by atoms with van der Waals surface area (Å²) in [6, 6.07) is 2.05. The van der Waals surface area contributed by atoms with Gasteiger partial charge in [-0.15, -0.1) is 15.3 Å². The average Bonchev–Trinajstić information content (AvgIpc) is 3.26. The van der Waals surface area contributed by atoms with Gasteiger partial charge in [-0.2, -0.15) is 19.7 Å². The number of aryl methyl sites for hydroxylation is 2. The predicted octanol–water partition coefficient (Wildman–Crippen LogP) is 1.94. The third kappa shape index (κ3) is 2.41. The first kappa shape index (κ1) is 14.6. The summed E-state index contributed by atoms with van der Waals surface area (Å²) in [6.07, 6.45) is 6.01. The smallest absolute Gasteiger partial charge is 0.203 e. The Labute approximate surface area is 140 Å². The molecule has 11 nitrogen and oxygen atoms in total. The van der Waals surface area contributed by atoms with Gasteiger partial charge in [-0.1, -0.05) is 0 Å². The van der Waals surface area contributed by atoms with Gasteiger partial charge in [0.15, 0.2) is 17.3 Å². The molecule has 4 rings (SSSR count). The molecule has 4 heterocycles. The van der Waals surface area contributed by atoms with E-state index in [4.69, 9.17) is 0 Å². The molecule has 0 aliphatic carbocycles. The van der Waals surface area contributed by atoms with E-state index in [1.165, 1.54) is 27.9 Å². The van der Waals surface area contributed by atoms with Crippen LogP contribution in [0.15, 0.2) is 35.0 Å². The number of aromatic amines is 1. The van der Waals surface area contributed by atoms with Crippen molar-refractivity contribution >= 4 is 17.2 Å². The summed E-state index contributed by atoms with van der Waals surface area (Å²) in [5.74, 6) is 1.32. The Hall–Kier alpha value is -3.94. The second-order valence-electron chi connectivity index (χ2n) is 5.15. The Bertz CT molecular complexity index is 1120. The van der Waals surface area contributed by atoms with Gasteiger partial charge in [0.2, 0.25) is 5.65 Å². The normalized spacial score (nSPS) is 11.4. The first-order chi connectivity index (χ1) is 12.2. The van der Waals surface area contributed by atoms with Crippen LogP contribution in [0.4, 0.5) is 11.5 Å². The molecule has 4 aromatic rings. The highest BCUT2D eigenvalue weighted by atomic mass is 15.5. The van der Waals surface area contributed by atoms with Gasteiger partial charge in [-0.25, -0.2) is 9.97 Å². The maximum absolute atomic E-state index is 9.29. The van der Waals surface area contributed by atoms with E-state index >= 15 is 0 Å². The van der Waals surface area contributed by atoms with E-state index in [1.807, 2.05) is 13.0 Å². The number of rotatable bonds is 3. The fourth-order valence-electron chi connectivity index (χ4n) is 2.33. The molecular formula is C14H11N11. The number of aromatic nitrogens is 8. The number of nitriles is 1. The van der Waals surface area contributed by atoms with Crippen LogP contribution in [0.5, 0.6) is 0 Å². The molecule has 0 spiro atoms. The number of nitrogens with zero attached hydrogens (tertiary/aromatic N) is 10. The lowest BCUT2D eigenvalue weighted by molar-refractivity contribution is 0.793. The lowest BCUT2D eigenvalue weighted by Crippen LogP contribution is -1.98. The highest BCUT2D eigenvalue weighted by Gasteiger charge is 2.15. The highest BCUT2D eigenvalue weighted by Crippen LogP contribution is 2.28. The molecule has 0 unspecified atom stereocenters. The van der Waals surface area contributed by atoms with Crippen LogP contribution in [0.2, 0.25) is 0 Å². The minimum atomic E-state index is 0.262. The van der Waals surface area contributed by atoms with Crippen molar-refractivity contribution in [1.82, 2.24) is 39.6 Å². The molecule has 0 saturated heterocycles. The van der Waals surface area contributed by atoms with Crippen molar-refractivity contribution in [2.75, 3.05) is 0 Å². The molecule has 25 heavy (non-hydrogen) atoms. The summed E-state index contributed by atoms with van der Waals surface area (Å²) in [6.45, 7) is 3.62. The zero-order valence-corrected chi connectivity index (χ0v) is 13.3. The van der Waals surface area contributed by atoms with Gasteiger partial charge >= 0.3 is 0 Å². The van der Waals surface area contributed by atoms with Crippen LogP contribution in [0.1, 0.15) is 17.1 Å². The van der Waals surface area contributed by atoms with Gasteiger partial charge in [0.05, 0.1) is 18.1 Å². The SMILES string of the molecule is Cc1nc2c(N=Nc3c(C#N)cnn3-c3cnccn3)c(C)[nH]n2n1. The van der Waals surface area contributed by atoms with Crippen molar-refractivity contribution in [2.45, 2.75) is 13.8 Å². The first-order valence-electron chi connectivity index (χ1n) is 7.25. The van der Waals surface area contributed by atoms with Crippen LogP contribution >= 0.6 is 0 Å². The second kappa shape index (κ2) is 5.60. The van der Waals surface area contributed by atoms with Crippen LogP contribution in [0, 0.1) is 25.2 Å². The van der Waals surface area contributed by atoms with Crippen molar-refractivity contribution in [2.24, 2.45) is 10.2 Å². The Morgan fingerprint density at radius 3 is 2.84 bits per heavy atom. The highest BCUT2D eigenvalue weighted by molar-refractivity contribution is 5.66. The van der Waals surface area contributed by atoms with Crippen LogP contribution in [-0.2, 0) is 0 Å². The number of nitrogens with one attached hydrogen (secondary N) is 1. The first-order valence-corrected chi connectivity index (χ1v) is 7.25. The van der Waals surface area contributed by atoms with Gasteiger partial charge in [-0.05, 0) is 13.8 Å². The van der Waals surface area contributed by atoms with Crippen molar-refractivity contribution in [3.05, 3.63) is 41.9 Å². The summed E-state index contributed by atoms with van der Waals surface area (Å²) in [4.78, 5) is 12.5. The Kier molecular flexibility index (Phi) is 3.28. The van der Waals surface area contributed by atoms with E-state index < -0.39 is 0 Å². The minimum Gasteiger partial charge on any atom is -0.278 e. The molecule has 122 valence electrons. The second-order valence-corrected chi connectivity index (χ2v) is 5.15. The largest absolute Gasteiger partial charge is 0.278 e. The summed E-state index contributed by atoms with van der Waals surface area (Å²) >= 11 is 0. The molecule has 0 saturated carbocycles. The number of fused-ring (bicyclic) bond motifs is 1. The van der Waals surface area contributed by atoms with E-state index in [9.17, 15) is 5.26 Å². The van der Waals surface area contributed by atoms with Crippen LogP contribution in [0.3, 0.4) is 0 Å². The molecule has 0 aliphatic heterocycles. The fraction of sp³-hybridized carbons (Fsp3) is 0.143. The summed E-state index contributed by atoms with van der Waals surface area (Å²) < 4.78 is 2.94. The zero-order valence-electron chi connectivity index (χ0n) is 13.3. The van der Waals surface area contributed by atoms with E-state index in [0.717, 1.165) is 5.69 Å². The summed E-state index contributed by atoms with van der Waals surface area (Å²) in [5.41, 5.74) is 2.12. The topological polar surface area (TPSA) is 138 Å². The molecule has 0 fully saturated rings. The monoisotopic (exact) mass is 333 g/mol. The number of azo groups is 1. The standard InChI is InChI=1S/C14H11N11/c1-8-12(14-19-9(2)23-25(14)22-8)20-21-13-10(5-15)6-18-24(13)11-7-16-3-4-17-11/h3-4,6-7,22H,1-2H3. The quantitative estimate of drug-likeness (QED) is 0.568. The van der Waals surface area contributed by atoms with Gasteiger partial charge < -0.3 is 0 Å². The zero-order chi connectivity index (χ0) is 17.4. The molecular weight excluding hydrogens is 322 g/mol. The number of hydrogen-bond donors (Lipinski definition) is 1. The number of hydrogen-bond acceptors (Lipinski definition) is 8. The van der Waals surface area contributed by atoms with Crippen molar-refractivity contribution in [1.29, 1.82) is 5.26 Å². The van der Waals surface area contributed by atoms with Crippen LogP contribution in [0.25, 0.3) is 11.5 Å². The Balaban J connectivity index is 1.82. The third-order valence-corrected chi connectivity index (χ3v) is 3.43. The maximum Gasteiger partial charge on any atom is 0.203 e. The molecule has 0 aliphatic rings. The number of H-pyrrole nitrogens is 1. The molecule has 0 amide bonds. The average molecular weight is 333 g/mol. The lowest BCUT2D eigenvalue weighted by Gasteiger charge is -2.00. The van der Waals surface area contributed by atoms with Crippen molar-refractivity contribution in [3.63, 3.8) is 0 Å². The van der Waals surface area contributed by atoms with Crippen LogP contribution < -0.4 is 0 Å². The van der Waals surface area contributed by atoms with E-state index in [2.05, 4.69) is 40.5 Å². The molecule has 11 heteroatoms. The molecule has 1 N–H and O–H groups in total. The Morgan fingerprint density at radius 2 is 2.08 bits per heavy atom. The molecule has 0 bridgehead atoms. The Morgan fingerprint density at radius 1 is 1.20 bits per heavy atom. The lowest BCUT2D eigenvalue weighted by atomic mass is 10.4. The minimum absolute atomic E-state index is 0.262. The van der Waals surface area contributed by atoms with Gasteiger partial charge in [0.1, 0.15) is 17.5 Å². The maximum atomic E-state index is 9.29. The molecule has 4 aromatic heterocycles. The predicted molar refractivity (Wildman–Crippen MR) is 84.9 cm³/mol. The van der Waals surface area contributed by atoms with E-state index in [-0.39, 0.29) is 11.4 Å². The molecule has 0 aromatic carbocycles. The van der Waals surface area contributed by atoms with Crippen molar-refractivity contribution < 1.29 is 0 Å². The molecule has 0 radical (unpaired) electrons. The van der Waals surface area contributed by atoms with Gasteiger partial charge in [0, 0.05) is 12.4 Å². The van der Waals surface area contributed by atoms with Gasteiger partial charge in [0.25, 0.3) is 0 Å². The summed E-state index contributed by atoms with van der Waals surface area (Å²) in [5, 5.41) is 29.1. The fourth-order valence-corrected chi connectivity index (χ4v) is 2.33. The van der Waals surface area contributed by atoms with E-state index in [1.54, 1.807) is 13.1 Å².